The fraction of sp³-hybridized carbons (Fsp3) is 0.400. The van der Waals surface area contributed by atoms with Gasteiger partial charge in [0.25, 0.3) is 0 Å². The lowest BCUT2D eigenvalue weighted by molar-refractivity contribution is 0.265. The van der Waals surface area contributed by atoms with E-state index in [-0.39, 0.29) is 12.6 Å². The molecule has 1 atom stereocenters. The Labute approximate surface area is 114 Å². The summed E-state index contributed by atoms with van der Waals surface area (Å²) in [5.74, 6) is 0. The molecule has 0 fully saturated rings. The molecule has 0 amide bonds. The van der Waals surface area contributed by atoms with Crippen molar-refractivity contribution in [2.75, 3.05) is 6.61 Å². The minimum Gasteiger partial charge on any atom is -0.396 e. The van der Waals surface area contributed by atoms with Gasteiger partial charge in [0, 0.05) is 37.5 Å². The molecule has 0 aliphatic heterocycles. The molecule has 2 aromatic rings. The molecule has 0 unspecified atom stereocenters. The molecule has 1 aromatic carbocycles. The maximum Gasteiger partial charge on any atom is 0.0537 e. The molecule has 1 heterocycles. The number of aliphatic hydroxyl groups is 1. The first-order valence-electron chi connectivity index (χ1n) is 6.59. The summed E-state index contributed by atoms with van der Waals surface area (Å²) in [4.78, 5) is 0. The average Bonchev–Trinajstić information content (AvgIpc) is 2.76. The third kappa shape index (κ3) is 3.43. The third-order valence-electron chi connectivity index (χ3n) is 3.50. The molecule has 2 N–H and O–H groups in total. The van der Waals surface area contributed by atoms with Crippen LogP contribution in [0.2, 0.25) is 0 Å². The van der Waals surface area contributed by atoms with E-state index in [4.69, 9.17) is 0 Å². The second-order valence-corrected chi connectivity index (χ2v) is 4.74. The van der Waals surface area contributed by atoms with Crippen LogP contribution in [0.25, 0.3) is 0 Å². The molecule has 4 heteroatoms. The van der Waals surface area contributed by atoms with E-state index < -0.39 is 0 Å². The molecule has 0 spiro atoms. The summed E-state index contributed by atoms with van der Waals surface area (Å²) in [6, 6.07) is 10.4. The van der Waals surface area contributed by atoms with Crippen molar-refractivity contribution in [2.24, 2.45) is 7.05 Å². The first-order chi connectivity index (χ1) is 9.22. The molecule has 102 valence electrons. The van der Waals surface area contributed by atoms with Crippen molar-refractivity contribution in [3.05, 3.63) is 53.3 Å². The highest BCUT2D eigenvalue weighted by Gasteiger charge is 2.11. The summed E-state index contributed by atoms with van der Waals surface area (Å²) in [5, 5.41) is 16.9. The third-order valence-corrected chi connectivity index (χ3v) is 3.50. The van der Waals surface area contributed by atoms with Crippen LogP contribution in [0.15, 0.2) is 36.5 Å². The predicted molar refractivity (Wildman–Crippen MR) is 75.7 cm³/mol. The quantitative estimate of drug-likeness (QED) is 0.833. The number of nitrogens with one attached hydrogen (secondary N) is 1. The monoisotopic (exact) mass is 259 g/mol. The van der Waals surface area contributed by atoms with Crippen LogP contribution in [0, 0.1) is 6.92 Å². The van der Waals surface area contributed by atoms with Crippen LogP contribution < -0.4 is 5.32 Å². The zero-order chi connectivity index (χ0) is 13.7. The molecule has 0 bridgehead atoms. The van der Waals surface area contributed by atoms with E-state index in [2.05, 4.69) is 29.5 Å². The van der Waals surface area contributed by atoms with Crippen molar-refractivity contribution < 1.29 is 5.11 Å². The number of aryl methyl sites for hydroxylation is 1. The van der Waals surface area contributed by atoms with E-state index in [0.717, 1.165) is 6.54 Å². The Morgan fingerprint density at radius 1 is 1.32 bits per heavy atom. The van der Waals surface area contributed by atoms with Gasteiger partial charge in [-0.3, -0.25) is 4.68 Å². The van der Waals surface area contributed by atoms with E-state index in [1.165, 1.54) is 16.8 Å². The standard InChI is InChI=1S/C15H21N3O/c1-12-14(11-17-18(12)2)10-16-15(8-9-19)13-6-4-3-5-7-13/h3-7,11,15-16,19H,8-10H2,1-2H3/t15-/m1/s1. The van der Waals surface area contributed by atoms with Crippen LogP contribution in [-0.4, -0.2) is 21.5 Å². The summed E-state index contributed by atoms with van der Waals surface area (Å²) in [7, 11) is 1.95. The van der Waals surface area contributed by atoms with Gasteiger partial charge in [-0.1, -0.05) is 30.3 Å². The largest absolute Gasteiger partial charge is 0.396 e. The molecule has 0 saturated carbocycles. The van der Waals surface area contributed by atoms with Gasteiger partial charge in [-0.15, -0.1) is 0 Å². The Balaban J connectivity index is 2.04. The van der Waals surface area contributed by atoms with Gasteiger partial charge in [0.15, 0.2) is 0 Å². The molecule has 1 aromatic heterocycles. The Kier molecular flexibility index (Phi) is 4.71. The van der Waals surface area contributed by atoms with E-state index in [1.807, 2.05) is 36.1 Å². The highest BCUT2D eigenvalue weighted by Crippen LogP contribution is 2.17. The molecule has 0 aliphatic rings. The lowest BCUT2D eigenvalue weighted by atomic mass is 10.0. The highest BCUT2D eigenvalue weighted by atomic mass is 16.3. The van der Waals surface area contributed by atoms with Gasteiger partial charge < -0.3 is 10.4 Å². The number of hydrogen-bond donors (Lipinski definition) is 2. The van der Waals surface area contributed by atoms with E-state index in [9.17, 15) is 5.11 Å². The molecule has 19 heavy (non-hydrogen) atoms. The van der Waals surface area contributed by atoms with Crippen molar-refractivity contribution in [2.45, 2.75) is 25.9 Å². The molecule has 0 radical (unpaired) electrons. The molecular formula is C15H21N3O. The van der Waals surface area contributed by atoms with Crippen molar-refractivity contribution in [3.8, 4) is 0 Å². The minimum absolute atomic E-state index is 0.172. The topological polar surface area (TPSA) is 50.1 Å². The maximum atomic E-state index is 9.20. The Bertz CT molecular complexity index is 507. The Morgan fingerprint density at radius 2 is 2.05 bits per heavy atom. The fourth-order valence-electron chi connectivity index (χ4n) is 2.15. The van der Waals surface area contributed by atoms with Crippen LogP contribution >= 0.6 is 0 Å². The van der Waals surface area contributed by atoms with Gasteiger partial charge in [0.1, 0.15) is 0 Å². The normalized spacial score (nSPS) is 12.6. The van der Waals surface area contributed by atoms with Gasteiger partial charge in [0.05, 0.1) is 6.20 Å². The van der Waals surface area contributed by atoms with Gasteiger partial charge in [-0.05, 0) is 18.9 Å². The second-order valence-electron chi connectivity index (χ2n) is 4.74. The lowest BCUT2D eigenvalue weighted by Gasteiger charge is -2.18. The molecule has 0 aliphatic carbocycles. The van der Waals surface area contributed by atoms with Crippen LogP contribution in [0.3, 0.4) is 0 Å². The molecular weight excluding hydrogens is 238 g/mol. The average molecular weight is 259 g/mol. The van der Waals surface area contributed by atoms with Gasteiger partial charge in [-0.25, -0.2) is 0 Å². The van der Waals surface area contributed by atoms with Gasteiger partial charge in [0.2, 0.25) is 0 Å². The van der Waals surface area contributed by atoms with Crippen LogP contribution in [0.4, 0.5) is 0 Å². The van der Waals surface area contributed by atoms with Crippen molar-refractivity contribution in [3.63, 3.8) is 0 Å². The van der Waals surface area contributed by atoms with Gasteiger partial charge in [-0.2, -0.15) is 5.10 Å². The van der Waals surface area contributed by atoms with E-state index in [1.54, 1.807) is 0 Å². The number of nitrogens with zero attached hydrogens (tertiary/aromatic N) is 2. The first-order valence-corrected chi connectivity index (χ1v) is 6.59. The highest BCUT2D eigenvalue weighted by molar-refractivity contribution is 5.20. The summed E-state index contributed by atoms with van der Waals surface area (Å²) in [5.41, 5.74) is 3.57. The summed E-state index contributed by atoms with van der Waals surface area (Å²) in [6.07, 6.45) is 2.60. The molecule has 4 nitrogen and oxygen atoms in total. The van der Waals surface area contributed by atoms with Crippen LogP contribution in [-0.2, 0) is 13.6 Å². The van der Waals surface area contributed by atoms with Crippen molar-refractivity contribution in [1.82, 2.24) is 15.1 Å². The Morgan fingerprint density at radius 3 is 2.63 bits per heavy atom. The summed E-state index contributed by atoms with van der Waals surface area (Å²) >= 11 is 0. The van der Waals surface area contributed by atoms with E-state index in [0.29, 0.717) is 6.42 Å². The predicted octanol–water partition coefficient (Wildman–Crippen LogP) is 1.94. The SMILES string of the molecule is Cc1c(CN[C@H](CCO)c2ccccc2)cnn1C. The molecule has 2 rings (SSSR count). The maximum absolute atomic E-state index is 9.20. The fourth-order valence-corrected chi connectivity index (χ4v) is 2.15. The lowest BCUT2D eigenvalue weighted by Crippen LogP contribution is -2.22. The minimum atomic E-state index is 0.172. The smallest absolute Gasteiger partial charge is 0.0537 e. The zero-order valence-electron chi connectivity index (χ0n) is 11.5. The number of hydrogen-bond acceptors (Lipinski definition) is 3. The number of aliphatic hydroxyl groups excluding tert-OH is 1. The summed E-state index contributed by atoms with van der Waals surface area (Å²) in [6.45, 7) is 3.01. The number of rotatable bonds is 6. The zero-order valence-corrected chi connectivity index (χ0v) is 11.5. The molecule has 0 saturated heterocycles. The number of aromatic nitrogens is 2. The Hall–Kier alpha value is -1.65. The van der Waals surface area contributed by atoms with Crippen LogP contribution in [0.1, 0.15) is 29.3 Å². The van der Waals surface area contributed by atoms with E-state index >= 15 is 0 Å². The van der Waals surface area contributed by atoms with Crippen LogP contribution in [0.5, 0.6) is 0 Å². The first kappa shape index (κ1) is 13.8. The van der Waals surface area contributed by atoms with Crippen molar-refractivity contribution in [1.29, 1.82) is 0 Å². The number of benzene rings is 1. The van der Waals surface area contributed by atoms with Crippen molar-refractivity contribution >= 4 is 0 Å². The van der Waals surface area contributed by atoms with Gasteiger partial charge >= 0.3 is 0 Å². The summed E-state index contributed by atoms with van der Waals surface area (Å²) < 4.78 is 1.88. The second kappa shape index (κ2) is 6.50.